The second kappa shape index (κ2) is 7.11. The molecule has 0 saturated heterocycles. The van der Waals surface area contributed by atoms with Gasteiger partial charge < -0.3 is 4.57 Å². The summed E-state index contributed by atoms with van der Waals surface area (Å²) in [6.45, 7) is 6.10. The van der Waals surface area contributed by atoms with E-state index < -0.39 is 11.2 Å². The number of fused-ring (bicyclic) bond motifs is 1. The number of carbonyl (C=O) groups excluding carboxylic acids is 1. The number of carbonyl (C=O) groups is 1. The normalized spacial score (nSPS) is 11.4. The molecule has 2 heterocycles. The minimum Gasteiger partial charge on any atom is -0.324 e. The second-order valence-electron chi connectivity index (χ2n) is 6.91. The van der Waals surface area contributed by atoms with Crippen LogP contribution >= 0.6 is 0 Å². The van der Waals surface area contributed by atoms with Crippen molar-refractivity contribution in [2.24, 2.45) is 5.92 Å². The van der Waals surface area contributed by atoms with E-state index in [1.54, 1.807) is 10.9 Å². The maximum absolute atomic E-state index is 12.9. The lowest BCUT2D eigenvalue weighted by Gasteiger charge is -2.12. The summed E-state index contributed by atoms with van der Waals surface area (Å²) in [6, 6.07) is 9.49. The molecule has 136 valence electrons. The summed E-state index contributed by atoms with van der Waals surface area (Å²) < 4.78 is 4.23. The van der Waals surface area contributed by atoms with Gasteiger partial charge in [-0.15, -0.1) is 0 Å². The molecule has 0 atom stereocenters. The van der Waals surface area contributed by atoms with Gasteiger partial charge in [-0.2, -0.15) is 0 Å². The van der Waals surface area contributed by atoms with Gasteiger partial charge in [-0.3, -0.25) is 18.7 Å². The second-order valence-corrected chi connectivity index (χ2v) is 6.91. The Balaban J connectivity index is 2.28. The molecule has 2 aromatic heterocycles. The molecule has 0 fully saturated rings. The predicted octanol–water partition coefficient (Wildman–Crippen LogP) is 1.65. The Morgan fingerprint density at radius 1 is 1.12 bits per heavy atom. The van der Waals surface area contributed by atoms with Crippen molar-refractivity contribution in [1.29, 1.82) is 0 Å². The van der Waals surface area contributed by atoms with Gasteiger partial charge in [-0.25, -0.2) is 9.78 Å². The van der Waals surface area contributed by atoms with Crippen molar-refractivity contribution in [3.05, 3.63) is 63.1 Å². The highest BCUT2D eigenvalue weighted by Gasteiger charge is 2.19. The van der Waals surface area contributed by atoms with E-state index in [0.29, 0.717) is 23.6 Å². The van der Waals surface area contributed by atoms with Crippen molar-refractivity contribution in [2.45, 2.75) is 40.4 Å². The summed E-state index contributed by atoms with van der Waals surface area (Å²) in [5, 5.41) is 0. The van der Waals surface area contributed by atoms with Crippen LogP contribution in [0.3, 0.4) is 0 Å². The number of hydrogen-bond acceptors (Lipinski definition) is 4. The molecule has 26 heavy (non-hydrogen) atoms. The molecule has 7 heteroatoms. The van der Waals surface area contributed by atoms with E-state index in [9.17, 15) is 14.4 Å². The van der Waals surface area contributed by atoms with E-state index in [1.165, 1.54) is 11.5 Å². The van der Waals surface area contributed by atoms with Crippen LogP contribution in [0.5, 0.6) is 0 Å². The molecule has 1 aromatic carbocycles. The van der Waals surface area contributed by atoms with Crippen LogP contribution in [0, 0.1) is 5.92 Å². The monoisotopic (exact) mass is 354 g/mol. The molecule has 3 rings (SSSR count). The van der Waals surface area contributed by atoms with Gasteiger partial charge in [0.2, 0.25) is 0 Å². The Labute approximate surface area is 150 Å². The zero-order valence-corrected chi connectivity index (χ0v) is 15.2. The highest BCUT2D eigenvalue weighted by atomic mass is 16.2. The number of benzene rings is 1. The van der Waals surface area contributed by atoms with Gasteiger partial charge in [0, 0.05) is 6.54 Å². The summed E-state index contributed by atoms with van der Waals surface area (Å²) in [5.41, 5.74) is 0.640. The summed E-state index contributed by atoms with van der Waals surface area (Å²) in [4.78, 5) is 41.7. The van der Waals surface area contributed by atoms with Gasteiger partial charge in [0.15, 0.2) is 11.2 Å². The number of hydrogen-bond donors (Lipinski definition) is 0. The smallest absolute Gasteiger partial charge is 0.324 e. The number of aromatic nitrogens is 4. The number of rotatable bonds is 6. The average Bonchev–Trinajstić information content (AvgIpc) is 2.99. The number of imidazole rings is 1. The number of Topliss-reactive ketones (excluding diaryl/α,β-unsaturated/α-hetero) is 1. The van der Waals surface area contributed by atoms with Crippen LogP contribution in [0.25, 0.3) is 11.2 Å². The summed E-state index contributed by atoms with van der Waals surface area (Å²) >= 11 is 0. The van der Waals surface area contributed by atoms with Crippen LogP contribution in [0.15, 0.2) is 46.2 Å². The van der Waals surface area contributed by atoms with Gasteiger partial charge in [0.25, 0.3) is 5.56 Å². The van der Waals surface area contributed by atoms with E-state index in [1.807, 2.05) is 44.2 Å². The first-order valence-electron chi connectivity index (χ1n) is 8.60. The molecule has 7 nitrogen and oxygen atoms in total. The maximum Gasteiger partial charge on any atom is 0.333 e. The minimum atomic E-state index is -0.517. The molecule has 0 N–H and O–H groups in total. The summed E-state index contributed by atoms with van der Waals surface area (Å²) in [6.07, 6.45) is 1.59. The number of nitrogens with zero attached hydrogens (tertiary/aromatic N) is 4. The minimum absolute atomic E-state index is 0.241. The highest BCUT2D eigenvalue weighted by Crippen LogP contribution is 2.11. The zero-order chi connectivity index (χ0) is 18.8. The highest BCUT2D eigenvalue weighted by molar-refractivity contribution is 5.76. The standard InChI is InChI=1S/C19H22N4O3/c1-13(2)9-21-12-20-17-16(21)18(25)23(10-14(3)24)19(26)22(17)11-15-7-5-4-6-8-15/h4-8,12-13H,9-11H2,1-3H3. The molecule has 0 aliphatic heterocycles. The lowest BCUT2D eigenvalue weighted by atomic mass is 10.2. The van der Waals surface area contributed by atoms with E-state index >= 15 is 0 Å². The Hall–Kier alpha value is -2.96. The third-order valence-corrected chi connectivity index (χ3v) is 4.11. The quantitative estimate of drug-likeness (QED) is 0.674. The Morgan fingerprint density at radius 2 is 1.81 bits per heavy atom. The molecule has 0 spiro atoms. The molecule has 0 bridgehead atoms. The van der Waals surface area contributed by atoms with E-state index in [2.05, 4.69) is 4.98 Å². The van der Waals surface area contributed by atoms with E-state index in [-0.39, 0.29) is 18.9 Å². The molecule has 0 unspecified atom stereocenters. The summed E-state index contributed by atoms with van der Waals surface area (Å²) in [7, 11) is 0. The SMILES string of the molecule is CC(=O)Cn1c(=O)c2c(ncn2CC(C)C)n(Cc2ccccc2)c1=O. The van der Waals surface area contributed by atoms with Crippen LogP contribution in [0.2, 0.25) is 0 Å². The Morgan fingerprint density at radius 3 is 2.42 bits per heavy atom. The van der Waals surface area contributed by atoms with Crippen molar-refractivity contribution < 1.29 is 4.79 Å². The Bertz CT molecular complexity index is 1060. The molecule has 0 aliphatic rings. The predicted molar refractivity (Wildman–Crippen MR) is 99.3 cm³/mol. The molecular formula is C19H22N4O3. The van der Waals surface area contributed by atoms with Crippen molar-refractivity contribution in [2.75, 3.05) is 0 Å². The zero-order valence-electron chi connectivity index (χ0n) is 15.2. The third kappa shape index (κ3) is 3.37. The van der Waals surface area contributed by atoms with Gasteiger partial charge in [-0.05, 0) is 18.4 Å². The van der Waals surface area contributed by atoms with Crippen molar-refractivity contribution >= 4 is 16.9 Å². The largest absolute Gasteiger partial charge is 0.333 e. The molecule has 0 radical (unpaired) electrons. The van der Waals surface area contributed by atoms with Gasteiger partial charge in [0.05, 0.1) is 19.4 Å². The lowest BCUT2D eigenvalue weighted by molar-refractivity contribution is -0.117. The lowest BCUT2D eigenvalue weighted by Crippen LogP contribution is -2.42. The van der Waals surface area contributed by atoms with Crippen molar-refractivity contribution in [1.82, 2.24) is 18.7 Å². The van der Waals surface area contributed by atoms with Crippen LogP contribution in [-0.2, 0) is 24.4 Å². The van der Waals surface area contributed by atoms with Gasteiger partial charge in [-0.1, -0.05) is 44.2 Å². The van der Waals surface area contributed by atoms with E-state index in [0.717, 1.165) is 10.1 Å². The average molecular weight is 354 g/mol. The summed E-state index contributed by atoms with van der Waals surface area (Å²) in [5.74, 6) is 0.0623. The molecular weight excluding hydrogens is 332 g/mol. The van der Waals surface area contributed by atoms with Crippen LogP contribution in [-0.4, -0.2) is 24.5 Å². The fourth-order valence-electron chi connectivity index (χ4n) is 3.04. The van der Waals surface area contributed by atoms with E-state index in [4.69, 9.17) is 0 Å². The first kappa shape index (κ1) is 17.8. The van der Waals surface area contributed by atoms with Crippen LogP contribution in [0.4, 0.5) is 0 Å². The topological polar surface area (TPSA) is 78.9 Å². The fourth-order valence-corrected chi connectivity index (χ4v) is 3.04. The first-order chi connectivity index (χ1) is 12.4. The van der Waals surface area contributed by atoms with Crippen molar-refractivity contribution in [3.8, 4) is 0 Å². The third-order valence-electron chi connectivity index (χ3n) is 4.11. The van der Waals surface area contributed by atoms with Crippen molar-refractivity contribution in [3.63, 3.8) is 0 Å². The molecule has 0 amide bonds. The molecule has 3 aromatic rings. The molecule has 0 saturated carbocycles. The van der Waals surface area contributed by atoms with Gasteiger partial charge in [0.1, 0.15) is 5.78 Å². The van der Waals surface area contributed by atoms with Crippen LogP contribution < -0.4 is 11.2 Å². The Kier molecular flexibility index (Phi) is 4.88. The van der Waals surface area contributed by atoms with Crippen LogP contribution in [0.1, 0.15) is 26.3 Å². The number of ketones is 1. The molecule has 0 aliphatic carbocycles. The maximum atomic E-state index is 12.9. The first-order valence-corrected chi connectivity index (χ1v) is 8.60. The van der Waals surface area contributed by atoms with Gasteiger partial charge >= 0.3 is 5.69 Å². The fraction of sp³-hybridized carbons (Fsp3) is 0.368.